The van der Waals surface area contributed by atoms with Crippen molar-refractivity contribution < 1.29 is 19.4 Å². The van der Waals surface area contributed by atoms with E-state index < -0.39 is 5.97 Å². The van der Waals surface area contributed by atoms with Gasteiger partial charge in [-0.2, -0.15) is 0 Å². The van der Waals surface area contributed by atoms with Gasteiger partial charge < -0.3 is 15.2 Å². The molecule has 1 aliphatic carbocycles. The van der Waals surface area contributed by atoms with Crippen molar-refractivity contribution in [2.45, 2.75) is 64.4 Å². The topological polar surface area (TPSA) is 75.6 Å². The number of carboxylic acid groups (broad SMARTS) is 1. The molecule has 0 bridgehead atoms. The molecule has 0 aromatic rings. The zero-order chi connectivity index (χ0) is 14.8. The highest BCUT2D eigenvalue weighted by Gasteiger charge is 2.22. The lowest BCUT2D eigenvalue weighted by atomic mass is 9.88. The zero-order valence-electron chi connectivity index (χ0n) is 12.4. The number of unbranched alkanes of at least 4 members (excludes halogenated alkanes) is 2. The summed E-state index contributed by atoms with van der Waals surface area (Å²) in [5.74, 6) is -0.280. The van der Waals surface area contributed by atoms with E-state index in [0.29, 0.717) is 18.9 Å². The van der Waals surface area contributed by atoms with Gasteiger partial charge in [-0.25, -0.2) is 0 Å². The Morgan fingerprint density at radius 1 is 1.20 bits per heavy atom. The lowest BCUT2D eigenvalue weighted by Crippen LogP contribution is -2.33. The van der Waals surface area contributed by atoms with Crippen molar-refractivity contribution in [2.24, 2.45) is 5.92 Å². The van der Waals surface area contributed by atoms with Crippen LogP contribution in [-0.2, 0) is 14.3 Å². The fraction of sp³-hybridized carbons (Fsp3) is 0.867. The molecule has 20 heavy (non-hydrogen) atoms. The first kappa shape index (κ1) is 17.0. The number of nitrogens with one attached hydrogen (secondary N) is 1. The van der Waals surface area contributed by atoms with Crippen LogP contribution in [0.3, 0.4) is 0 Å². The van der Waals surface area contributed by atoms with Crippen LogP contribution in [0.2, 0.25) is 0 Å². The normalized spacial score (nSPS) is 22.4. The van der Waals surface area contributed by atoms with Crippen LogP contribution in [0.5, 0.6) is 0 Å². The Morgan fingerprint density at radius 3 is 2.65 bits per heavy atom. The van der Waals surface area contributed by atoms with Crippen LogP contribution in [0.1, 0.15) is 58.3 Å². The summed E-state index contributed by atoms with van der Waals surface area (Å²) in [6, 6.07) is 0. The Morgan fingerprint density at radius 2 is 1.95 bits per heavy atom. The van der Waals surface area contributed by atoms with E-state index in [9.17, 15) is 9.59 Å². The minimum atomic E-state index is -0.760. The van der Waals surface area contributed by atoms with Crippen LogP contribution >= 0.6 is 0 Å². The molecule has 0 aliphatic heterocycles. The molecule has 5 nitrogen and oxygen atoms in total. The van der Waals surface area contributed by atoms with Crippen LogP contribution in [0.25, 0.3) is 0 Å². The van der Waals surface area contributed by atoms with Crippen molar-refractivity contribution in [3.8, 4) is 0 Å². The van der Waals surface area contributed by atoms with Gasteiger partial charge in [-0.05, 0) is 31.6 Å². The van der Waals surface area contributed by atoms with Crippen molar-refractivity contribution >= 4 is 11.9 Å². The minimum absolute atomic E-state index is 0.0685. The number of aliphatic carboxylic acids is 1. The summed E-state index contributed by atoms with van der Waals surface area (Å²) in [5, 5.41) is 11.3. The molecule has 1 fully saturated rings. The molecule has 2 atom stereocenters. The van der Waals surface area contributed by atoms with Gasteiger partial charge >= 0.3 is 5.97 Å². The molecule has 0 aromatic carbocycles. The van der Waals surface area contributed by atoms with E-state index >= 15 is 0 Å². The maximum Gasteiger partial charge on any atom is 0.303 e. The molecule has 0 saturated heterocycles. The first-order valence-electron chi connectivity index (χ1n) is 7.69. The molecule has 1 aliphatic rings. The van der Waals surface area contributed by atoms with Gasteiger partial charge in [0.15, 0.2) is 0 Å². The molecular formula is C15H27NO4. The summed E-state index contributed by atoms with van der Waals surface area (Å²) in [4.78, 5) is 21.9. The zero-order valence-corrected chi connectivity index (χ0v) is 12.4. The van der Waals surface area contributed by atoms with Gasteiger partial charge in [0.1, 0.15) is 6.61 Å². The van der Waals surface area contributed by atoms with Crippen molar-refractivity contribution in [2.75, 3.05) is 13.2 Å². The Kier molecular flexibility index (Phi) is 8.26. The molecule has 1 rings (SSSR count). The average Bonchev–Trinajstić information content (AvgIpc) is 2.41. The predicted octanol–water partition coefficient (Wildman–Crippen LogP) is 2.34. The standard InChI is InChI=1S/C15H27NO4/c1-12-7-4-5-8-13(12)20-11-14(17)16-10-6-2-3-9-15(18)19/h12-13H,2-11H2,1H3,(H,16,17)(H,18,19). The molecule has 0 radical (unpaired) electrons. The molecule has 0 heterocycles. The fourth-order valence-electron chi connectivity index (χ4n) is 2.57. The number of carboxylic acids is 1. The monoisotopic (exact) mass is 285 g/mol. The smallest absolute Gasteiger partial charge is 0.303 e. The van der Waals surface area contributed by atoms with Crippen LogP contribution in [0.4, 0.5) is 0 Å². The van der Waals surface area contributed by atoms with Crippen molar-refractivity contribution in [1.29, 1.82) is 0 Å². The molecule has 116 valence electrons. The third-order valence-corrected chi connectivity index (χ3v) is 3.85. The van der Waals surface area contributed by atoms with Crippen LogP contribution in [0.15, 0.2) is 0 Å². The first-order chi connectivity index (χ1) is 9.59. The van der Waals surface area contributed by atoms with Crippen molar-refractivity contribution in [1.82, 2.24) is 5.32 Å². The Hall–Kier alpha value is -1.10. The van der Waals surface area contributed by atoms with E-state index in [1.54, 1.807) is 0 Å². The predicted molar refractivity (Wildman–Crippen MR) is 76.5 cm³/mol. The average molecular weight is 285 g/mol. The number of ether oxygens (including phenoxy) is 1. The van der Waals surface area contributed by atoms with Gasteiger partial charge in [0.25, 0.3) is 0 Å². The molecule has 2 N–H and O–H groups in total. The lowest BCUT2D eigenvalue weighted by molar-refractivity contribution is -0.137. The molecule has 2 unspecified atom stereocenters. The molecule has 0 spiro atoms. The summed E-state index contributed by atoms with van der Waals surface area (Å²) in [6.45, 7) is 2.93. The fourth-order valence-corrected chi connectivity index (χ4v) is 2.57. The second kappa shape index (κ2) is 9.75. The highest BCUT2D eigenvalue weighted by Crippen LogP contribution is 2.25. The number of carbonyl (C=O) groups excluding carboxylic acids is 1. The van der Waals surface area contributed by atoms with Gasteiger partial charge in [-0.15, -0.1) is 0 Å². The third kappa shape index (κ3) is 7.48. The van der Waals surface area contributed by atoms with Gasteiger partial charge in [0.2, 0.25) is 5.91 Å². The molecule has 1 saturated carbocycles. The third-order valence-electron chi connectivity index (χ3n) is 3.85. The molecule has 1 amide bonds. The quantitative estimate of drug-likeness (QED) is 0.638. The summed E-state index contributed by atoms with van der Waals surface area (Å²) >= 11 is 0. The number of hydrogen-bond donors (Lipinski definition) is 2. The van der Waals surface area contributed by atoms with Gasteiger partial charge in [0, 0.05) is 13.0 Å². The maximum absolute atomic E-state index is 11.6. The van der Waals surface area contributed by atoms with Crippen molar-refractivity contribution in [3.05, 3.63) is 0 Å². The summed E-state index contributed by atoms with van der Waals surface area (Å²) in [6.07, 6.45) is 7.46. The second-order valence-electron chi connectivity index (χ2n) is 5.67. The lowest BCUT2D eigenvalue weighted by Gasteiger charge is -2.28. The second-order valence-corrected chi connectivity index (χ2v) is 5.67. The number of hydrogen-bond acceptors (Lipinski definition) is 3. The Labute approximate surface area is 121 Å². The van der Waals surface area contributed by atoms with Crippen LogP contribution in [0, 0.1) is 5.92 Å². The van der Waals surface area contributed by atoms with Crippen LogP contribution in [-0.4, -0.2) is 36.2 Å². The Bertz CT molecular complexity index is 306. The maximum atomic E-state index is 11.6. The summed E-state index contributed by atoms with van der Waals surface area (Å²) < 4.78 is 5.68. The molecule has 5 heteroatoms. The van der Waals surface area contributed by atoms with Gasteiger partial charge in [0.05, 0.1) is 6.10 Å². The minimum Gasteiger partial charge on any atom is -0.481 e. The number of carbonyl (C=O) groups is 2. The van der Waals surface area contributed by atoms with E-state index in [4.69, 9.17) is 9.84 Å². The van der Waals surface area contributed by atoms with E-state index in [1.165, 1.54) is 19.3 Å². The van der Waals surface area contributed by atoms with E-state index in [0.717, 1.165) is 19.3 Å². The highest BCUT2D eigenvalue weighted by atomic mass is 16.5. The Balaban J connectivity index is 1.98. The van der Waals surface area contributed by atoms with E-state index in [2.05, 4.69) is 12.2 Å². The molecular weight excluding hydrogens is 258 g/mol. The van der Waals surface area contributed by atoms with Gasteiger partial charge in [-0.3, -0.25) is 9.59 Å². The summed E-state index contributed by atoms with van der Waals surface area (Å²) in [7, 11) is 0. The largest absolute Gasteiger partial charge is 0.481 e. The van der Waals surface area contributed by atoms with Crippen LogP contribution < -0.4 is 5.32 Å². The summed E-state index contributed by atoms with van der Waals surface area (Å²) in [5.41, 5.74) is 0. The number of amides is 1. The van der Waals surface area contributed by atoms with E-state index in [-0.39, 0.29) is 25.0 Å². The number of rotatable bonds is 9. The van der Waals surface area contributed by atoms with Gasteiger partial charge in [-0.1, -0.05) is 26.2 Å². The van der Waals surface area contributed by atoms with E-state index in [1.807, 2.05) is 0 Å². The highest BCUT2D eigenvalue weighted by molar-refractivity contribution is 5.77. The SMILES string of the molecule is CC1CCCCC1OCC(=O)NCCCCCC(=O)O. The first-order valence-corrected chi connectivity index (χ1v) is 7.69. The molecule has 0 aromatic heterocycles. The van der Waals surface area contributed by atoms with Crippen molar-refractivity contribution in [3.63, 3.8) is 0 Å².